The van der Waals surface area contributed by atoms with Crippen LogP contribution in [0.2, 0.25) is 0 Å². The maximum Gasteiger partial charge on any atom is 0.416 e. The number of carbonyl (C=O) groups is 2. The van der Waals surface area contributed by atoms with Gasteiger partial charge in [0.25, 0.3) is 0 Å². The molecule has 0 spiro atoms. The molecule has 11 heteroatoms. The lowest BCUT2D eigenvalue weighted by Crippen LogP contribution is -2.43. The van der Waals surface area contributed by atoms with Gasteiger partial charge in [-0.1, -0.05) is 6.07 Å². The molecule has 1 aliphatic heterocycles. The van der Waals surface area contributed by atoms with Crippen LogP contribution in [0.25, 0.3) is 0 Å². The number of hydrogen-bond donors (Lipinski definition) is 2. The Hall–Kier alpha value is -3.96. The summed E-state index contributed by atoms with van der Waals surface area (Å²) in [5.74, 6) is 0.503. The molecule has 1 aliphatic carbocycles. The van der Waals surface area contributed by atoms with Crippen molar-refractivity contribution in [3.8, 4) is 11.5 Å². The Kier molecular flexibility index (Phi) is 8.79. The van der Waals surface area contributed by atoms with Crippen LogP contribution in [0.15, 0.2) is 54.7 Å². The minimum Gasteiger partial charge on any atom is -0.457 e. The second-order valence-electron chi connectivity index (χ2n) is 11.0. The number of amides is 2. The largest absolute Gasteiger partial charge is 0.457 e. The van der Waals surface area contributed by atoms with E-state index >= 15 is 0 Å². The number of fused-ring (bicyclic) bond motifs is 1. The molecule has 0 radical (unpaired) electrons. The van der Waals surface area contributed by atoms with Crippen LogP contribution < -0.4 is 15.4 Å². The van der Waals surface area contributed by atoms with Gasteiger partial charge in [0.15, 0.2) is 0 Å². The van der Waals surface area contributed by atoms with Crippen LogP contribution in [-0.4, -0.2) is 59.8 Å². The van der Waals surface area contributed by atoms with Crippen LogP contribution in [0.3, 0.4) is 0 Å². The average Bonchev–Trinajstić information content (AvgIpc) is 2.93. The Morgan fingerprint density at radius 3 is 2.48 bits per heavy atom. The van der Waals surface area contributed by atoms with Gasteiger partial charge in [-0.05, 0) is 79.4 Å². The first-order valence-electron chi connectivity index (χ1n) is 14.0. The summed E-state index contributed by atoms with van der Waals surface area (Å²) in [6.07, 6.45) is -1.28. The second-order valence-corrected chi connectivity index (χ2v) is 11.0. The number of hydrogen-bond acceptors (Lipinski definition) is 6. The van der Waals surface area contributed by atoms with Crippen molar-refractivity contribution in [1.82, 2.24) is 14.8 Å². The van der Waals surface area contributed by atoms with Crippen molar-refractivity contribution in [3.63, 3.8) is 0 Å². The summed E-state index contributed by atoms with van der Waals surface area (Å²) in [5.41, 5.74) is 1.98. The van der Waals surface area contributed by atoms with Gasteiger partial charge in [0.05, 0.1) is 5.56 Å². The predicted octanol–water partition coefficient (Wildman–Crippen LogP) is 5.34. The average molecular weight is 582 g/mol. The molecule has 2 amide bonds. The maximum atomic E-state index is 13.7. The number of nitrogens with zero attached hydrogens (tertiary/aromatic N) is 3. The van der Waals surface area contributed by atoms with Gasteiger partial charge >= 0.3 is 6.18 Å². The highest BCUT2D eigenvalue weighted by Crippen LogP contribution is 2.34. The van der Waals surface area contributed by atoms with Crippen LogP contribution in [0, 0.1) is 5.92 Å². The minimum absolute atomic E-state index is 0.162. The number of alkyl halides is 3. The lowest BCUT2D eigenvalue weighted by molar-refractivity contribution is -0.137. The third kappa shape index (κ3) is 7.65. The van der Waals surface area contributed by atoms with Crippen LogP contribution >= 0.6 is 0 Å². The molecule has 5 rings (SSSR count). The van der Waals surface area contributed by atoms with Crippen LogP contribution in [0.1, 0.15) is 35.6 Å². The number of aromatic nitrogens is 1. The molecular formula is C31H34F3N5O3. The Morgan fingerprint density at radius 2 is 1.74 bits per heavy atom. The van der Waals surface area contributed by atoms with Crippen LogP contribution in [0.4, 0.5) is 24.7 Å². The van der Waals surface area contributed by atoms with Gasteiger partial charge < -0.3 is 20.3 Å². The molecule has 1 saturated heterocycles. The fourth-order valence-corrected chi connectivity index (χ4v) is 5.41. The predicted molar refractivity (Wildman–Crippen MR) is 153 cm³/mol. The molecule has 1 atom stereocenters. The molecule has 0 bridgehead atoms. The van der Waals surface area contributed by atoms with E-state index in [4.69, 9.17) is 4.74 Å². The summed E-state index contributed by atoms with van der Waals surface area (Å²) in [6.45, 7) is 5.06. The molecule has 0 saturated carbocycles. The summed E-state index contributed by atoms with van der Waals surface area (Å²) in [6, 6.07) is 12.8. The molecule has 1 unspecified atom stereocenters. The Balaban J connectivity index is 1.27. The van der Waals surface area contributed by atoms with E-state index in [1.54, 1.807) is 18.2 Å². The topological polar surface area (TPSA) is 86.8 Å². The van der Waals surface area contributed by atoms with E-state index in [1.165, 1.54) is 19.2 Å². The number of piperazine rings is 1. The van der Waals surface area contributed by atoms with E-state index in [2.05, 4.69) is 25.4 Å². The van der Waals surface area contributed by atoms with Crippen molar-refractivity contribution in [1.29, 1.82) is 0 Å². The highest BCUT2D eigenvalue weighted by Gasteiger charge is 2.32. The zero-order valence-corrected chi connectivity index (χ0v) is 23.6. The number of benzene rings is 2. The summed E-state index contributed by atoms with van der Waals surface area (Å²) >= 11 is 0. The quantitative estimate of drug-likeness (QED) is 0.392. The van der Waals surface area contributed by atoms with E-state index in [-0.39, 0.29) is 17.5 Å². The van der Waals surface area contributed by atoms with Crippen molar-refractivity contribution in [2.24, 2.45) is 5.92 Å². The van der Waals surface area contributed by atoms with Crippen LogP contribution in [0.5, 0.6) is 11.5 Å². The van der Waals surface area contributed by atoms with E-state index in [0.29, 0.717) is 48.7 Å². The molecule has 42 heavy (non-hydrogen) atoms. The normalized spacial score (nSPS) is 17.8. The molecular weight excluding hydrogens is 547 g/mol. The zero-order chi connectivity index (χ0) is 29.9. The SMILES string of the molecule is CC(=O)Nc1cc(Oc2ccc3c(c2)CC(C(=O)Nc2cc(CN4CCN(C)CC4)cc(C(F)(F)F)c2)CC3)ccn1. The lowest BCUT2D eigenvalue weighted by atomic mass is 9.83. The van der Waals surface area contributed by atoms with Crippen molar-refractivity contribution < 1.29 is 27.5 Å². The van der Waals surface area contributed by atoms with E-state index < -0.39 is 17.7 Å². The maximum absolute atomic E-state index is 13.7. The molecule has 222 valence electrons. The fourth-order valence-electron chi connectivity index (χ4n) is 5.41. The number of anilines is 2. The standard InChI is InChI=1S/C31H34F3N5O3/c1-20(40)36-29-18-28(7-8-35-29)42-27-6-5-22-3-4-23(15-24(22)16-27)30(41)37-26-14-21(13-25(17-26)31(32,33)34)19-39-11-9-38(2)10-12-39/h5-8,13-14,16-18,23H,3-4,9-12,15,19H2,1-2H3,(H,37,41)(H,35,36,40). The zero-order valence-electron chi connectivity index (χ0n) is 23.6. The monoisotopic (exact) mass is 581 g/mol. The van der Waals surface area contributed by atoms with Crippen molar-refractivity contribution in [2.75, 3.05) is 43.9 Å². The minimum atomic E-state index is -4.52. The summed E-state index contributed by atoms with van der Waals surface area (Å²) in [5, 5.41) is 5.39. The number of halogens is 3. The Labute approximate surface area is 242 Å². The van der Waals surface area contributed by atoms with Gasteiger partial charge in [-0.2, -0.15) is 13.2 Å². The first-order valence-corrected chi connectivity index (χ1v) is 14.0. The number of nitrogens with one attached hydrogen (secondary N) is 2. The molecule has 2 N–H and O–H groups in total. The van der Waals surface area contributed by atoms with Gasteiger partial charge in [-0.25, -0.2) is 4.98 Å². The molecule has 8 nitrogen and oxygen atoms in total. The third-order valence-electron chi connectivity index (χ3n) is 7.64. The summed E-state index contributed by atoms with van der Waals surface area (Å²) in [4.78, 5) is 33.0. The van der Waals surface area contributed by atoms with Crippen LogP contribution in [-0.2, 0) is 35.2 Å². The van der Waals surface area contributed by atoms with E-state index in [0.717, 1.165) is 43.4 Å². The number of aryl methyl sites for hydroxylation is 1. The Morgan fingerprint density at radius 1 is 0.976 bits per heavy atom. The van der Waals surface area contributed by atoms with E-state index in [9.17, 15) is 22.8 Å². The number of pyridine rings is 1. The highest BCUT2D eigenvalue weighted by atomic mass is 19.4. The lowest BCUT2D eigenvalue weighted by Gasteiger charge is -2.32. The van der Waals surface area contributed by atoms with Gasteiger partial charge in [0.1, 0.15) is 17.3 Å². The summed E-state index contributed by atoms with van der Waals surface area (Å²) in [7, 11) is 2.03. The number of carbonyl (C=O) groups excluding carboxylic acids is 2. The van der Waals surface area contributed by atoms with Gasteiger partial charge in [-0.15, -0.1) is 0 Å². The molecule has 2 heterocycles. The van der Waals surface area contributed by atoms with Crippen molar-refractivity contribution in [3.05, 3.63) is 77.0 Å². The van der Waals surface area contributed by atoms with Crippen molar-refractivity contribution in [2.45, 2.75) is 38.9 Å². The smallest absolute Gasteiger partial charge is 0.416 e. The second kappa shape index (κ2) is 12.5. The number of ether oxygens (including phenoxy) is 1. The van der Waals surface area contributed by atoms with Gasteiger partial charge in [0, 0.05) is 63.5 Å². The molecule has 2 aliphatic rings. The van der Waals surface area contributed by atoms with E-state index in [1.807, 2.05) is 25.2 Å². The Bertz CT molecular complexity index is 1450. The molecule has 2 aromatic carbocycles. The van der Waals surface area contributed by atoms with Gasteiger partial charge in [-0.3, -0.25) is 14.5 Å². The number of likely N-dealkylation sites (N-methyl/N-ethyl adjacent to an activating group) is 1. The molecule has 3 aromatic rings. The number of rotatable bonds is 7. The fraction of sp³-hybridized carbons (Fsp3) is 0.387. The molecule has 1 aromatic heterocycles. The van der Waals surface area contributed by atoms with Crippen molar-refractivity contribution >= 4 is 23.3 Å². The molecule has 1 fully saturated rings. The first-order chi connectivity index (χ1) is 20.0. The third-order valence-corrected chi connectivity index (χ3v) is 7.64. The van der Waals surface area contributed by atoms with Gasteiger partial charge in [0.2, 0.25) is 11.8 Å². The highest BCUT2D eigenvalue weighted by molar-refractivity contribution is 5.93. The first kappa shape index (κ1) is 29.5. The summed E-state index contributed by atoms with van der Waals surface area (Å²) < 4.78 is 47.2.